The summed E-state index contributed by atoms with van der Waals surface area (Å²) in [6.07, 6.45) is 2.34. The van der Waals surface area contributed by atoms with Crippen LogP contribution in [-0.2, 0) is 24.4 Å². The molecule has 0 spiro atoms. The van der Waals surface area contributed by atoms with Gasteiger partial charge in [0.25, 0.3) is 11.5 Å². The standard InChI is InChI=1S/C29H25FN4O4S2/c1-3-10-33-26(32-14-18-4-7-20(30)8-5-18)21(17(2)22(13-31)27(33)35)12-25-28(36)34(29(39)40-25)15-19-6-9-23-24(11-19)38-16-37-23/h4-9,11-12,32H,3,10,14-16H2,1-2H3/b25-12+. The molecule has 0 radical (unpaired) electrons. The first kappa shape index (κ1) is 27.4. The van der Waals surface area contributed by atoms with Gasteiger partial charge in [0.15, 0.2) is 11.5 Å². The molecule has 3 aromatic rings. The fourth-order valence-corrected chi connectivity index (χ4v) is 5.80. The molecule has 0 atom stereocenters. The normalized spacial score (nSPS) is 15.2. The molecule has 1 saturated heterocycles. The second-order valence-corrected chi connectivity index (χ2v) is 10.9. The van der Waals surface area contributed by atoms with E-state index in [1.54, 1.807) is 31.2 Å². The number of thiocarbonyl (C=S) groups is 1. The maximum atomic E-state index is 13.5. The monoisotopic (exact) mass is 576 g/mol. The molecule has 2 aromatic carbocycles. The van der Waals surface area contributed by atoms with Crippen molar-refractivity contribution in [3.8, 4) is 17.6 Å². The highest BCUT2D eigenvalue weighted by Gasteiger charge is 2.33. The molecule has 8 nitrogen and oxygen atoms in total. The summed E-state index contributed by atoms with van der Waals surface area (Å²) >= 11 is 6.72. The second-order valence-electron chi connectivity index (χ2n) is 9.27. The van der Waals surface area contributed by atoms with Crippen molar-refractivity contribution in [3.63, 3.8) is 0 Å². The van der Waals surface area contributed by atoms with E-state index in [4.69, 9.17) is 21.7 Å². The van der Waals surface area contributed by atoms with Gasteiger partial charge in [-0.1, -0.05) is 49.1 Å². The van der Waals surface area contributed by atoms with Gasteiger partial charge in [-0.15, -0.1) is 0 Å². The molecule has 0 bridgehead atoms. The minimum atomic E-state index is -0.407. The van der Waals surface area contributed by atoms with Crippen molar-refractivity contribution in [1.29, 1.82) is 5.26 Å². The third-order valence-electron chi connectivity index (χ3n) is 6.62. The number of hydrogen-bond acceptors (Lipinski definition) is 8. The molecular weight excluding hydrogens is 551 g/mol. The van der Waals surface area contributed by atoms with Gasteiger partial charge in [-0.25, -0.2) is 4.39 Å². The predicted octanol–water partition coefficient (Wildman–Crippen LogP) is 5.32. The number of ether oxygens (including phenoxy) is 2. The molecule has 3 heterocycles. The van der Waals surface area contributed by atoms with Crippen LogP contribution in [0.4, 0.5) is 10.2 Å². The van der Waals surface area contributed by atoms with E-state index in [-0.39, 0.29) is 30.6 Å². The second kappa shape index (κ2) is 11.5. The Morgan fingerprint density at radius 3 is 2.60 bits per heavy atom. The van der Waals surface area contributed by atoms with E-state index in [0.717, 1.165) is 22.9 Å². The van der Waals surface area contributed by atoms with Gasteiger partial charge in [-0.2, -0.15) is 5.26 Å². The summed E-state index contributed by atoms with van der Waals surface area (Å²) in [6, 6.07) is 13.6. The molecule has 40 heavy (non-hydrogen) atoms. The highest BCUT2D eigenvalue weighted by Crippen LogP contribution is 2.37. The molecule has 0 unspecified atom stereocenters. The zero-order valence-corrected chi connectivity index (χ0v) is 23.5. The van der Waals surface area contributed by atoms with E-state index in [0.29, 0.717) is 57.2 Å². The van der Waals surface area contributed by atoms with Crippen molar-refractivity contribution in [2.24, 2.45) is 0 Å². The van der Waals surface area contributed by atoms with Crippen LogP contribution in [0.1, 0.15) is 41.2 Å². The smallest absolute Gasteiger partial charge is 0.270 e. The number of rotatable bonds is 8. The number of aromatic nitrogens is 1. The van der Waals surface area contributed by atoms with Gasteiger partial charge in [0.05, 0.1) is 11.4 Å². The number of fused-ring (bicyclic) bond motifs is 1. The van der Waals surface area contributed by atoms with Crippen LogP contribution >= 0.6 is 24.0 Å². The third kappa shape index (κ3) is 5.33. The Balaban J connectivity index is 1.51. The fourth-order valence-electron chi connectivity index (χ4n) is 4.57. The van der Waals surface area contributed by atoms with Crippen LogP contribution in [0, 0.1) is 24.1 Å². The number of amides is 1. The van der Waals surface area contributed by atoms with Crippen LogP contribution in [0.5, 0.6) is 11.5 Å². The highest BCUT2D eigenvalue weighted by molar-refractivity contribution is 8.26. The Kier molecular flexibility index (Phi) is 7.91. The van der Waals surface area contributed by atoms with Gasteiger partial charge < -0.3 is 14.8 Å². The first-order valence-corrected chi connectivity index (χ1v) is 13.8. The molecule has 5 rings (SSSR count). The van der Waals surface area contributed by atoms with Gasteiger partial charge >= 0.3 is 0 Å². The summed E-state index contributed by atoms with van der Waals surface area (Å²) in [5, 5.41) is 13.1. The van der Waals surface area contributed by atoms with Gasteiger partial charge in [-0.3, -0.25) is 19.1 Å². The van der Waals surface area contributed by atoms with Crippen LogP contribution < -0.4 is 20.3 Å². The number of nitrogens with one attached hydrogen (secondary N) is 1. The number of pyridine rings is 1. The van der Waals surface area contributed by atoms with Crippen LogP contribution in [-0.4, -0.2) is 26.5 Å². The van der Waals surface area contributed by atoms with Crippen LogP contribution in [0.3, 0.4) is 0 Å². The Labute approximate surface area is 240 Å². The Morgan fingerprint density at radius 2 is 1.88 bits per heavy atom. The number of anilines is 1. The number of benzene rings is 2. The quantitative estimate of drug-likeness (QED) is 0.284. The number of hydrogen-bond donors (Lipinski definition) is 1. The fraction of sp³-hybridized carbons (Fsp3) is 0.241. The van der Waals surface area contributed by atoms with Gasteiger partial charge in [0, 0.05) is 18.7 Å². The zero-order valence-electron chi connectivity index (χ0n) is 21.8. The molecule has 1 fully saturated rings. The summed E-state index contributed by atoms with van der Waals surface area (Å²) in [5.74, 6) is 1.13. The SMILES string of the molecule is CCCn1c(NCc2ccc(F)cc2)c(/C=C2/SC(=S)N(Cc3ccc4c(c3)OCO4)C2=O)c(C)c(C#N)c1=O. The van der Waals surface area contributed by atoms with Crippen molar-refractivity contribution in [3.05, 3.63) is 91.4 Å². The van der Waals surface area contributed by atoms with E-state index in [1.165, 1.54) is 21.6 Å². The average Bonchev–Trinajstić information content (AvgIpc) is 3.51. The minimum absolute atomic E-state index is 0.0165. The first-order chi connectivity index (χ1) is 19.3. The van der Waals surface area contributed by atoms with E-state index < -0.39 is 5.56 Å². The first-order valence-electron chi connectivity index (χ1n) is 12.6. The number of halogens is 1. The zero-order chi connectivity index (χ0) is 28.4. The number of carbonyl (C=O) groups excluding carboxylic acids is 1. The molecule has 11 heteroatoms. The molecule has 1 aromatic heterocycles. The summed E-state index contributed by atoms with van der Waals surface area (Å²) in [6.45, 7) is 4.71. The number of carbonyl (C=O) groups is 1. The van der Waals surface area contributed by atoms with Crippen LogP contribution in [0.2, 0.25) is 0 Å². The van der Waals surface area contributed by atoms with Gasteiger partial charge in [-0.05, 0) is 60.4 Å². The molecule has 1 N–H and O–H groups in total. The van der Waals surface area contributed by atoms with Crippen molar-refractivity contribution in [2.75, 3.05) is 12.1 Å². The van der Waals surface area contributed by atoms with Crippen molar-refractivity contribution in [2.45, 2.75) is 39.9 Å². The number of nitriles is 1. The molecule has 204 valence electrons. The van der Waals surface area contributed by atoms with Gasteiger partial charge in [0.2, 0.25) is 6.79 Å². The Hall–Kier alpha value is -4.14. The summed E-state index contributed by atoms with van der Waals surface area (Å²) < 4.78 is 26.2. The molecule has 0 saturated carbocycles. The summed E-state index contributed by atoms with van der Waals surface area (Å²) in [7, 11) is 0. The van der Waals surface area contributed by atoms with E-state index >= 15 is 0 Å². The lowest BCUT2D eigenvalue weighted by molar-refractivity contribution is -0.122. The van der Waals surface area contributed by atoms with Gasteiger partial charge in [0.1, 0.15) is 27.6 Å². The van der Waals surface area contributed by atoms with Crippen molar-refractivity contribution in [1.82, 2.24) is 9.47 Å². The van der Waals surface area contributed by atoms with E-state index in [9.17, 15) is 19.2 Å². The minimum Gasteiger partial charge on any atom is -0.454 e. The largest absolute Gasteiger partial charge is 0.454 e. The lowest BCUT2D eigenvalue weighted by Gasteiger charge is -2.20. The topological polar surface area (TPSA) is 96.6 Å². The maximum Gasteiger partial charge on any atom is 0.270 e. The summed E-state index contributed by atoms with van der Waals surface area (Å²) in [5.41, 5.74) is 2.26. The van der Waals surface area contributed by atoms with Crippen molar-refractivity contribution < 1.29 is 18.7 Å². The lowest BCUT2D eigenvalue weighted by Crippen LogP contribution is -2.28. The Morgan fingerprint density at radius 1 is 1.15 bits per heavy atom. The Bertz CT molecular complexity index is 1640. The summed E-state index contributed by atoms with van der Waals surface area (Å²) in [4.78, 5) is 28.7. The molecule has 1 amide bonds. The average molecular weight is 577 g/mol. The van der Waals surface area contributed by atoms with E-state index in [1.807, 2.05) is 25.1 Å². The van der Waals surface area contributed by atoms with E-state index in [2.05, 4.69) is 5.32 Å². The molecule has 2 aliphatic rings. The lowest BCUT2D eigenvalue weighted by atomic mass is 10.0. The molecular formula is C29H25FN4O4S2. The molecule has 2 aliphatic heterocycles. The molecule has 0 aliphatic carbocycles. The third-order valence-corrected chi connectivity index (χ3v) is 8.00. The predicted molar refractivity (Wildman–Crippen MR) is 155 cm³/mol. The highest BCUT2D eigenvalue weighted by atomic mass is 32.2. The van der Waals surface area contributed by atoms with Crippen molar-refractivity contribution >= 4 is 46.1 Å². The maximum absolute atomic E-state index is 13.5. The van der Waals surface area contributed by atoms with Crippen LogP contribution in [0.25, 0.3) is 6.08 Å². The number of thioether (sulfide) groups is 1. The number of nitrogens with zero attached hydrogens (tertiary/aromatic N) is 3. The van der Waals surface area contributed by atoms with Crippen LogP contribution in [0.15, 0.2) is 52.2 Å².